The quantitative estimate of drug-likeness (QED) is 0.715. The summed E-state index contributed by atoms with van der Waals surface area (Å²) in [6.45, 7) is -0.00626. The standard InChI is InChI=1S/C15H16N4O3/c1-22-13-7-3-2-6-12(13)17-10-14(20)18-19-15(21)11-5-4-8-16-9-11/h2-9,17H,10H2,1H3,(H,18,20)(H,19,21). The van der Waals surface area contributed by atoms with Gasteiger partial charge in [-0.1, -0.05) is 12.1 Å². The minimum Gasteiger partial charge on any atom is -0.495 e. The summed E-state index contributed by atoms with van der Waals surface area (Å²) in [4.78, 5) is 27.3. The molecule has 0 spiro atoms. The zero-order chi connectivity index (χ0) is 15.8. The van der Waals surface area contributed by atoms with Crippen LogP contribution in [0.4, 0.5) is 5.69 Å². The van der Waals surface area contributed by atoms with Gasteiger partial charge in [0.15, 0.2) is 0 Å². The van der Waals surface area contributed by atoms with Crippen LogP contribution in [-0.2, 0) is 4.79 Å². The van der Waals surface area contributed by atoms with Gasteiger partial charge in [0, 0.05) is 12.4 Å². The summed E-state index contributed by atoms with van der Waals surface area (Å²) in [5, 5.41) is 2.93. The predicted molar refractivity (Wildman–Crippen MR) is 81.3 cm³/mol. The zero-order valence-corrected chi connectivity index (χ0v) is 12.0. The van der Waals surface area contributed by atoms with Gasteiger partial charge in [-0.05, 0) is 24.3 Å². The lowest BCUT2D eigenvalue weighted by molar-refractivity contribution is -0.120. The van der Waals surface area contributed by atoms with Crippen LogP contribution in [0, 0.1) is 0 Å². The lowest BCUT2D eigenvalue weighted by atomic mass is 10.3. The van der Waals surface area contributed by atoms with Gasteiger partial charge in [0.25, 0.3) is 11.8 Å². The highest BCUT2D eigenvalue weighted by molar-refractivity contribution is 5.95. The van der Waals surface area contributed by atoms with Gasteiger partial charge >= 0.3 is 0 Å². The monoisotopic (exact) mass is 300 g/mol. The molecule has 0 atom stereocenters. The fourth-order valence-electron chi connectivity index (χ4n) is 1.71. The summed E-state index contributed by atoms with van der Waals surface area (Å²) in [6.07, 6.45) is 2.97. The van der Waals surface area contributed by atoms with Crippen molar-refractivity contribution in [3.05, 3.63) is 54.4 Å². The Morgan fingerprint density at radius 3 is 2.68 bits per heavy atom. The molecule has 1 aromatic heterocycles. The number of pyridine rings is 1. The molecule has 0 bridgehead atoms. The predicted octanol–water partition coefficient (Wildman–Crippen LogP) is 0.963. The first kappa shape index (κ1) is 15.3. The summed E-state index contributed by atoms with van der Waals surface area (Å²) < 4.78 is 5.16. The summed E-state index contributed by atoms with van der Waals surface area (Å²) in [6, 6.07) is 10.5. The van der Waals surface area contributed by atoms with Crippen molar-refractivity contribution in [3.8, 4) is 5.75 Å². The van der Waals surface area contributed by atoms with Crippen LogP contribution in [0.2, 0.25) is 0 Å². The number of carbonyl (C=O) groups excluding carboxylic acids is 2. The largest absolute Gasteiger partial charge is 0.495 e. The van der Waals surface area contributed by atoms with Crippen LogP contribution in [0.3, 0.4) is 0 Å². The minimum absolute atomic E-state index is 0.00626. The number of rotatable bonds is 5. The number of hydrogen-bond donors (Lipinski definition) is 3. The first-order chi connectivity index (χ1) is 10.7. The molecule has 0 aliphatic heterocycles. The van der Waals surface area contributed by atoms with Crippen molar-refractivity contribution >= 4 is 17.5 Å². The van der Waals surface area contributed by atoms with Crippen molar-refractivity contribution in [2.24, 2.45) is 0 Å². The number of benzene rings is 1. The first-order valence-corrected chi connectivity index (χ1v) is 6.57. The van der Waals surface area contributed by atoms with Crippen LogP contribution in [0.25, 0.3) is 0 Å². The Kier molecular flexibility index (Phi) is 5.31. The van der Waals surface area contributed by atoms with Crippen molar-refractivity contribution < 1.29 is 14.3 Å². The molecule has 3 N–H and O–H groups in total. The van der Waals surface area contributed by atoms with Gasteiger partial charge in [0.1, 0.15) is 5.75 Å². The van der Waals surface area contributed by atoms with E-state index < -0.39 is 5.91 Å². The van der Waals surface area contributed by atoms with E-state index in [0.29, 0.717) is 17.0 Å². The molecule has 2 aromatic rings. The lowest BCUT2D eigenvalue weighted by Gasteiger charge is -2.11. The average molecular weight is 300 g/mol. The third kappa shape index (κ3) is 4.20. The van der Waals surface area contributed by atoms with E-state index in [1.807, 2.05) is 12.1 Å². The minimum atomic E-state index is -0.432. The zero-order valence-electron chi connectivity index (χ0n) is 12.0. The van der Waals surface area contributed by atoms with Crippen LogP contribution in [-0.4, -0.2) is 30.5 Å². The molecule has 0 saturated carbocycles. The van der Waals surface area contributed by atoms with Gasteiger partial charge in [-0.25, -0.2) is 0 Å². The van der Waals surface area contributed by atoms with Crippen LogP contribution >= 0.6 is 0 Å². The van der Waals surface area contributed by atoms with Crippen molar-refractivity contribution in [2.45, 2.75) is 0 Å². The first-order valence-electron chi connectivity index (χ1n) is 6.57. The lowest BCUT2D eigenvalue weighted by Crippen LogP contribution is -2.44. The Morgan fingerprint density at radius 1 is 1.14 bits per heavy atom. The summed E-state index contributed by atoms with van der Waals surface area (Å²) >= 11 is 0. The molecule has 2 rings (SSSR count). The maximum atomic E-state index is 11.7. The fraction of sp³-hybridized carbons (Fsp3) is 0.133. The summed E-state index contributed by atoms with van der Waals surface area (Å²) in [5.41, 5.74) is 5.69. The SMILES string of the molecule is COc1ccccc1NCC(=O)NNC(=O)c1cccnc1. The van der Waals surface area contributed by atoms with Crippen LogP contribution in [0.1, 0.15) is 10.4 Å². The average Bonchev–Trinajstić information content (AvgIpc) is 2.58. The van der Waals surface area contributed by atoms with Gasteiger partial charge in [0.05, 0.1) is 24.9 Å². The van der Waals surface area contributed by atoms with Crippen LogP contribution in [0.15, 0.2) is 48.8 Å². The third-order valence-electron chi connectivity index (χ3n) is 2.79. The smallest absolute Gasteiger partial charge is 0.271 e. The number of carbonyl (C=O) groups is 2. The van der Waals surface area contributed by atoms with E-state index in [9.17, 15) is 9.59 Å². The molecule has 0 aliphatic rings. The molecule has 0 aliphatic carbocycles. The third-order valence-corrected chi connectivity index (χ3v) is 2.79. The molecule has 2 amide bonds. The number of hydrazine groups is 1. The van der Waals surface area contributed by atoms with Gasteiger partial charge in [-0.3, -0.25) is 25.4 Å². The molecule has 7 nitrogen and oxygen atoms in total. The number of anilines is 1. The molecule has 22 heavy (non-hydrogen) atoms. The van der Waals surface area contributed by atoms with E-state index >= 15 is 0 Å². The number of methoxy groups -OCH3 is 1. The molecular weight excluding hydrogens is 284 g/mol. The normalized spacial score (nSPS) is 9.68. The number of para-hydroxylation sites is 2. The Morgan fingerprint density at radius 2 is 1.95 bits per heavy atom. The van der Waals surface area contributed by atoms with Gasteiger partial charge in [-0.2, -0.15) is 0 Å². The molecule has 0 fully saturated rings. The topological polar surface area (TPSA) is 92.4 Å². The second-order valence-electron chi connectivity index (χ2n) is 4.30. The van der Waals surface area contributed by atoms with E-state index in [1.165, 1.54) is 6.20 Å². The second-order valence-corrected chi connectivity index (χ2v) is 4.30. The van der Waals surface area contributed by atoms with E-state index in [-0.39, 0.29) is 12.5 Å². The number of nitrogens with one attached hydrogen (secondary N) is 3. The van der Waals surface area contributed by atoms with Crippen molar-refractivity contribution in [1.29, 1.82) is 0 Å². The van der Waals surface area contributed by atoms with Crippen molar-refractivity contribution in [3.63, 3.8) is 0 Å². The molecule has 7 heteroatoms. The Hall–Kier alpha value is -3.09. The van der Waals surface area contributed by atoms with E-state index in [2.05, 4.69) is 21.2 Å². The number of amides is 2. The fourth-order valence-corrected chi connectivity index (χ4v) is 1.71. The molecule has 1 heterocycles. The van der Waals surface area contributed by atoms with Crippen LogP contribution < -0.4 is 20.9 Å². The Labute approximate surface area is 127 Å². The maximum Gasteiger partial charge on any atom is 0.271 e. The summed E-state index contributed by atoms with van der Waals surface area (Å²) in [7, 11) is 1.55. The molecular formula is C15H16N4O3. The Balaban J connectivity index is 1.80. The van der Waals surface area contributed by atoms with Crippen molar-refractivity contribution in [1.82, 2.24) is 15.8 Å². The van der Waals surface area contributed by atoms with Gasteiger partial charge in [0.2, 0.25) is 0 Å². The van der Waals surface area contributed by atoms with E-state index in [1.54, 1.807) is 37.6 Å². The number of nitrogens with zero attached hydrogens (tertiary/aromatic N) is 1. The van der Waals surface area contributed by atoms with Gasteiger partial charge in [-0.15, -0.1) is 0 Å². The molecule has 1 aromatic carbocycles. The number of ether oxygens (including phenoxy) is 1. The van der Waals surface area contributed by atoms with Crippen molar-refractivity contribution in [2.75, 3.05) is 19.0 Å². The number of aromatic nitrogens is 1. The van der Waals surface area contributed by atoms with Gasteiger partial charge < -0.3 is 10.1 Å². The van der Waals surface area contributed by atoms with Crippen LogP contribution in [0.5, 0.6) is 5.75 Å². The van der Waals surface area contributed by atoms with E-state index in [4.69, 9.17) is 4.74 Å². The highest BCUT2D eigenvalue weighted by Crippen LogP contribution is 2.22. The second kappa shape index (κ2) is 7.63. The van der Waals surface area contributed by atoms with E-state index in [0.717, 1.165) is 0 Å². The highest BCUT2D eigenvalue weighted by Gasteiger charge is 2.08. The molecule has 0 radical (unpaired) electrons. The summed E-state index contributed by atoms with van der Waals surface area (Å²) in [5.74, 6) is -0.184. The highest BCUT2D eigenvalue weighted by atomic mass is 16.5. The number of hydrogen-bond acceptors (Lipinski definition) is 5. The molecule has 114 valence electrons. The Bertz CT molecular complexity index is 646. The molecule has 0 unspecified atom stereocenters. The maximum absolute atomic E-state index is 11.7. The molecule has 0 saturated heterocycles.